The number of hydrogen-bond acceptors (Lipinski definition) is 0. The van der Waals surface area contributed by atoms with Crippen LogP contribution >= 0.6 is 0 Å². The van der Waals surface area contributed by atoms with Crippen molar-refractivity contribution < 1.29 is 62.3 Å². The van der Waals surface area contributed by atoms with E-state index in [0.29, 0.717) is 0 Å². The Morgan fingerprint density at radius 1 is 0.750 bits per heavy atom. The third-order valence-corrected chi connectivity index (χ3v) is 0. The molecule has 0 bridgehead atoms. The van der Waals surface area contributed by atoms with Crippen LogP contribution in [0.1, 0.15) is 0 Å². The average molecular weight is 275 g/mol. The molecule has 0 saturated carbocycles. The molecule has 16 valence electrons. The fourth-order valence-corrected chi connectivity index (χ4v) is 0. The van der Waals surface area contributed by atoms with Crippen LogP contribution in [0, 0.1) is 0 Å². The Labute approximate surface area is 87.5 Å². The first-order valence-electron chi connectivity index (χ1n) is 0. The molecule has 0 heterocycles. The summed E-state index contributed by atoms with van der Waals surface area (Å²) in [5.74, 6) is 0. The Bertz CT molecular complexity index is 6.00. The molecular weight excluding hydrogens is 275 g/mol. The number of rotatable bonds is 0. The fourth-order valence-electron chi connectivity index (χ4n) is 0. The van der Waals surface area contributed by atoms with Crippen molar-refractivity contribution in [2.45, 2.75) is 0 Å². The summed E-state index contributed by atoms with van der Waals surface area (Å²) in [4.78, 5) is 0. The van der Waals surface area contributed by atoms with Gasteiger partial charge in [-0.3, -0.25) is 0 Å². The van der Waals surface area contributed by atoms with Gasteiger partial charge >= 0.3 is 78.7 Å². The van der Waals surface area contributed by atoms with Crippen molar-refractivity contribution in [3.8, 4) is 0 Å². The van der Waals surface area contributed by atoms with E-state index in [2.05, 4.69) is 0 Å². The van der Waals surface area contributed by atoms with E-state index in [0.717, 1.165) is 0 Å². The summed E-state index contributed by atoms with van der Waals surface area (Å²) in [5, 5.41) is 0. The zero-order valence-electron chi connectivity index (χ0n) is 2.39. The van der Waals surface area contributed by atoms with Crippen LogP contribution in [0.4, 0.5) is 0 Å². The normalized spacial score (nSPS) is 0. The monoisotopic (exact) mass is 276 g/mol. The summed E-state index contributed by atoms with van der Waals surface area (Å²) in [6.45, 7) is 0. The molecule has 0 aliphatic rings. The van der Waals surface area contributed by atoms with Crippen LogP contribution < -0.4 is 51.4 Å². The van der Waals surface area contributed by atoms with Crippen LogP contribution in [-0.4, -0.2) is 27.3 Å². The molecule has 0 aromatic heterocycles. The van der Waals surface area contributed by atoms with E-state index in [1.165, 1.54) is 0 Å². The third-order valence-electron chi connectivity index (χ3n) is 0. The van der Waals surface area contributed by atoms with Gasteiger partial charge in [0.25, 0.3) is 0 Å². The standard InChI is InChI=1S/K.2O.Tl/q+1;2*-2;+3. The first-order valence-corrected chi connectivity index (χ1v) is 0. The predicted octanol–water partition coefficient (Wildman–Crippen LogP) is -3.61. The fraction of sp³-hybridized carbons (Fsp3) is 0. The maximum atomic E-state index is 0. The molecule has 2 nitrogen and oxygen atoms in total. The second-order valence-electron chi connectivity index (χ2n) is 0. The van der Waals surface area contributed by atoms with Gasteiger partial charge in [-0.25, -0.2) is 0 Å². The van der Waals surface area contributed by atoms with Gasteiger partial charge in [0, 0.05) is 0 Å². The second-order valence-corrected chi connectivity index (χ2v) is 0. The molecule has 0 atom stereocenters. The molecule has 0 rings (SSSR count). The van der Waals surface area contributed by atoms with E-state index < -0.39 is 0 Å². The molecule has 0 radical (unpaired) electrons. The van der Waals surface area contributed by atoms with Crippen molar-refractivity contribution in [3.05, 3.63) is 0 Å². The Morgan fingerprint density at radius 2 is 0.750 bits per heavy atom. The van der Waals surface area contributed by atoms with Gasteiger partial charge in [0.15, 0.2) is 0 Å². The van der Waals surface area contributed by atoms with Crippen LogP contribution in [0.5, 0.6) is 0 Å². The summed E-state index contributed by atoms with van der Waals surface area (Å²) in [6, 6.07) is 0. The summed E-state index contributed by atoms with van der Waals surface area (Å²) in [7, 11) is 0. The van der Waals surface area contributed by atoms with Gasteiger partial charge in [0.05, 0.1) is 0 Å². The van der Waals surface area contributed by atoms with Gasteiger partial charge in [-0.2, -0.15) is 0 Å². The van der Waals surface area contributed by atoms with Gasteiger partial charge in [0.1, 0.15) is 0 Å². The average Bonchev–Trinajstić information content (AvgIpc) is 0. The molecule has 0 fully saturated rings. The van der Waals surface area contributed by atoms with E-state index in [9.17, 15) is 0 Å². The van der Waals surface area contributed by atoms with E-state index in [4.69, 9.17) is 0 Å². The molecule has 0 aromatic carbocycles. The Morgan fingerprint density at radius 3 is 0.750 bits per heavy atom. The maximum absolute atomic E-state index is 0. The topological polar surface area (TPSA) is 57.0 Å². The predicted molar refractivity (Wildman–Crippen MR) is 7.13 cm³/mol. The molecule has 0 amide bonds. The van der Waals surface area contributed by atoms with Gasteiger partial charge in [-0.15, -0.1) is 0 Å². The van der Waals surface area contributed by atoms with Gasteiger partial charge < -0.3 is 11.0 Å². The van der Waals surface area contributed by atoms with Crippen LogP contribution in [-0.2, 0) is 11.0 Å². The molecule has 0 unspecified atom stereocenters. The first-order chi connectivity index (χ1) is 0. The van der Waals surface area contributed by atoms with Crippen molar-refractivity contribution in [2.75, 3.05) is 0 Å². The van der Waals surface area contributed by atoms with Crippen LogP contribution in [0.15, 0.2) is 0 Å². The van der Waals surface area contributed by atoms with Crippen molar-refractivity contribution >= 4 is 27.3 Å². The minimum atomic E-state index is 0. The van der Waals surface area contributed by atoms with Crippen LogP contribution in [0.2, 0.25) is 0 Å². The zero-order valence-corrected chi connectivity index (χ0v) is 10.0. The van der Waals surface area contributed by atoms with E-state index >= 15 is 0 Å². The molecule has 0 saturated heterocycles. The zero-order chi connectivity index (χ0) is 0. The summed E-state index contributed by atoms with van der Waals surface area (Å²) >= 11 is 0. The SMILES string of the molecule is [K+].[O-2].[O-2].[Tl+3]. The van der Waals surface area contributed by atoms with Crippen LogP contribution in [0.3, 0.4) is 0 Å². The van der Waals surface area contributed by atoms with E-state index in [-0.39, 0.29) is 89.6 Å². The number of hydrogen-bond donors (Lipinski definition) is 0. The van der Waals surface area contributed by atoms with E-state index in [1.807, 2.05) is 0 Å². The van der Waals surface area contributed by atoms with Gasteiger partial charge in [0.2, 0.25) is 0 Å². The second kappa shape index (κ2) is 17.9. The largest absolute Gasteiger partial charge is 3.00 e. The van der Waals surface area contributed by atoms with E-state index in [1.54, 1.807) is 0 Å². The Kier molecular flexibility index (Phi) is 142. The maximum Gasteiger partial charge on any atom is 3.00 e. The molecule has 0 aliphatic heterocycles. The van der Waals surface area contributed by atoms with Gasteiger partial charge in [-0.05, 0) is 0 Å². The first kappa shape index (κ1) is 31.7. The van der Waals surface area contributed by atoms with Crippen LogP contribution in [0.25, 0.3) is 0 Å². The molecule has 0 aromatic rings. The van der Waals surface area contributed by atoms with Gasteiger partial charge in [-0.1, -0.05) is 0 Å². The molecule has 0 N–H and O–H groups in total. The molecule has 0 spiro atoms. The minimum Gasteiger partial charge on any atom is -2.00 e. The van der Waals surface area contributed by atoms with Crippen molar-refractivity contribution in [1.82, 2.24) is 0 Å². The summed E-state index contributed by atoms with van der Waals surface area (Å²) in [5.41, 5.74) is 0. The summed E-state index contributed by atoms with van der Waals surface area (Å²) < 4.78 is 0. The molecule has 0 aliphatic carbocycles. The minimum absolute atomic E-state index is 0. The molecular formula is KO2Tl. The molecule has 4 heteroatoms. The summed E-state index contributed by atoms with van der Waals surface area (Å²) in [6.07, 6.45) is 0. The quantitative estimate of drug-likeness (QED) is 0.410. The smallest absolute Gasteiger partial charge is 2.00 e. The third kappa shape index (κ3) is 8.82. The molecule has 4 heavy (non-hydrogen) atoms. The Hall–Kier alpha value is 2.48. The van der Waals surface area contributed by atoms with Crippen molar-refractivity contribution in [2.24, 2.45) is 0 Å². The van der Waals surface area contributed by atoms with Crippen molar-refractivity contribution in [3.63, 3.8) is 0 Å². The van der Waals surface area contributed by atoms with Crippen molar-refractivity contribution in [1.29, 1.82) is 0 Å². The Balaban J connectivity index is 0.